The van der Waals surface area contributed by atoms with Gasteiger partial charge in [-0.05, 0) is 51.4 Å². The first-order valence-electron chi connectivity index (χ1n) is 30.7. The SMILES string of the molecule is CCCCCCC/C=C\C/C=C\C/C=C\CCCCCCCCCCCCCCCCCCCCCCCCC(=O)NC(COC1OC(CO)C(O)C(O)C1O)C(O)CCCCCCCCCCCCC. The van der Waals surface area contributed by atoms with Gasteiger partial charge in [-0.3, -0.25) is 4.79 Å². The number of carbonyl (C=O) groups excluding carboxylic acids is 1. The maximum atomic E-state index is 13.0. The van der Waals surface area contributed by atoms with Gasteiger partial charge in [0.15, 0.2) is 6.29 Å². The van der Waals surface area contributed by atoms with E-state index in [4.69, 9.17) is 9.47 Å². The molecule has 1 saturated heterocycles. The quantitative estimate of drug-likeness (QED) is 0.0261. The van der Waals surface area contributed by atoms with Crippen LogP contribution in [-0.2, 0) is 14.3 Å². The zero-order valence-electron chi connectivity index (χ0n) is 46.5. The summed E-state index contributed by atoms with van der Waals surface area (Å²) in [5, 5.41) is 54.5. The second-order valence-electron chi connectivity index (χ2n) is 21.5. The average Bonchev–Trinajstić information content (AvgIpc) is 3.37. The van der Waals surface area contributed by atoms with Crippen LogP contribution in [0.4, 0.5) is 0 Å². The zero-order valence-corrected chi connectivity index (χ0v) is 46.5. The fourth-order valence-electron chi connectivity index (χ4n) is 9.88. The van der Waals surface area contributed by atoms with Gasteiger partial charge in [-0.15, -0.1) is 0 Å². The number of hydrogen-bond acceptors (Lipinski definition) is 8. The number of nitrogens with one attached hydrogen (secondary N) is 1. The largest absolute Gasteiger partial charge is 0.394 e. The molecule has 1 rings (SSSR count). The summed E-state index contributed by atoms with van der Waals surface area (Å²) in [5.41, 5.74) is 0. The fraction of sp³-hybridized carbons (Fsp3) is 0.887. The molecule has 0 aromatic rings. The molecule has 0 spiro atoms. The molecule has 9 heteroatoms. The average molecular weight is 1000 g/mol. The maximum Gasteiger partial charge on any atom is 0.220 e. The first-order valence-corrected chi connectivity index (χ1v) is 30.7. The highest BCUT2D eigenvalue weighted by molar-refractivity contribution is 5.76. The summed E-state index contributed by atoms with van der Waals surface area (Å²) in [6.45, 7) is 3.83. The molecule has 0 saturated carbocycles. The monoisotopic (exact) mass is 1000 g/mol. The first kappa shape index (κ1) is 67.4. The molecule has 1 fully saturated rings. The number of aliphatic hydroxyl groups excluding tert-OH is 5. The Morgan fingerprint density at radius 2 is 0.831 bits per heavy atom. The highest BCUT2D eigenvalue weighted by Gasteiger charge is 2.44. The minimum Gasteiger partial charge on any atom is -0.394 e. The van der Waals surface area contributed by atoms with Gasteiger partial charge < -0.3 is 40.3 Å². The lowest BCUT2D eigenvalue weighted by atomic mass is 9.99. The van der Waals surface area contributed by atoms with Gasteiger partial charge in [0.2, 0.25) is 5.91 Å². The summed E-state index contributed by atoms with van der Waals surface area (Å²) in [5.74, 6) is -0.141. The number of rotatable bonds is 53. The molecule has 0 bridgehead atoms. The first-order chi connectivity index (χ1) is 34.8. The lowest BCUT2D eigenvalue weighted by Crippen LogP contribution is -2.60. The normalized spacial score (nSPS) is 19.5. The topological polar surface area (TPSA) is 149 Å². The van der Waals surface area contributed by atoms with E-state index in [0.717, 1.165) is 51.4 Å². The lowest BCUT2D eigenvalue weighted by molar-refractivity contribution is -0.302. The van der Waals surface area contributed by atoms with E-state index in [2.05, 4.69) is 55.6 Å². The fourth-order valence-corrected chi connectivity index (χ4v) is 9.88. The molecule has 1 heterocycles. The van der Waals surface area contributed by atoms with E-state index in [0.29, 0.717) is 12.8 Å². The van der Waals surface area contributed by atoms with Crippen LogP contribution in [0, 0.1) is 0 Å². The minimum atomic E-state index is -1.55. The van der Waals surface area contributed by atoms with Crippen molar-refractivity contribution >= 4 is 5.91 Å². The Morgan fingerprint density at radius 3 is 1.23 bits per heavy atom. The molecule has 1 aliphatic rings. The highest BCUT2D eigenvalue weighted by Crippen LogP contribution is 2.23. The van der Waals surface area contributed by atoms with E-state index in [1.54, 1.807) is 0 Å². The van der Waals surface area contributed by atoms with Crippen LogP contribution < -0.4 is 5.32 Å². The van der Waals surface area contributed by atoms with Crippen molar-refractivity contribution in [2.24, 2.45) is 0 Å². The van der Waals surface area contributed by atoms with Crippen molar-refractivity contribution in [2.45, 2.75) is 339 Å². The van der Waals surface area contributed by atoms with Gasteiger partial charge in [0.1, 0.15) is 24.4 Å². The molecule has 1 amide bonds. The van der Waals surface area contributed by atoms with Crippen LogP contribution >= 0.6 is 0 Å². The molecule has 9 nitrogen and oxygen atoms in total. The molecule has 418 valence electrons. The van der Waals surface area contributed by atoms with Crippen LogP contribution in [-0.4, -0.2) is 87.5 Å². The van der Waals surface area contributed by atoms with Crippen LogP contribution in [0.5, 0.6) is 0 Å². The van der Waals surface area contributed by atoms with Crippen LogP contribution in [0.2, 0.25) is 0 Å². The van der Waals surface area contributed by atoms with Crippen molar-refractivity contribution in [2.75, 3.05) is 13.2 Å². The number of aliphatic hydroxyl groups is 5. The number of carbonyl (C=O) groups is 1. The molecule has 6 N–H and O–H groups in total. The minimum absolute atomic E-state index is 0.134. The Bertz CT molecular complexity index is 1210. The Balaban J connectivity index is 2.03. The lowest BCUT2D eigenvalue weighted by Gasteiger charge is -2.40. The van der Waals surface area contributed by atoms with Crippen molar-refractivity contribution in [3.63, 3.8) is 0 Å². The number of hydrogen-bond donors (Lipinski definition) is 6. The molecular weight excluding hydrogens is 887 g/mol. The van der Waals surface area contributed by atoms with Crippen LogP contribution in [0.3, 0.4) is 0 Å². The Morgan fingerprint density at radius 1 is 0.479 bits per heavy atom. The van der Waals surface area contributed by atoms with Gasteiger partial charge in [0.25, 0.3) is 0 Å². The summed E-state index contributed by atoms with van der Waals surface area (Å²) in [4.78, 5) is 13.0. The van der Waals surface area contributed by atoms with Gasteiger partial charge in [-0.2, -0.15) is 0 Å². The predicted octanol–water partition coefficient (Wildman–Crippen LogP) is 15.5. The zero-order chi connectivity index (χ0) is 51.5. The van der Waals surface area contributed by atoms with Crippen molar-refractivity contribution in [1.82, 2.24) is 5.32 Å². The van der Waals surface area contributed by atoms with Crippen LogP contribution in [0.15, 0.2) is 36.5 Å². The maximum absolute atomic E-state index is 13.0. The van der Waals surface area contributed by atoms with Gasteiger partial charge in [-0.1, -0.05) is 275 Å². The summed E-state index contributed by atoms with van der Waals surface area (Å²) in [6, 6.07) is -0.715. The van der Waals surface area contributed by atoms with Crippen molar-refractivity contribution in [3.8, 4) is 0 Å². The number of ether oxygens (including phenoxy) is 2. The molecular formula is C62H117NO8. The Kier molecular flexibility index (Phi) is 49.3. The van der Waals surface area contributed by atoms with E-state index in [-0.39, 0.29) is 12.5 Å². The number of unbranched alkanes of at least 4 members (excludes halogenated alkanes) is 37. The number of amides is 1. The van der Waals surface area contributed by atoms with Crippen LogP contribution in [0.1, 0.15) is 296 Å². The van der Waals surface area contributed by atoms with E-state index in [1.165, 1.54) is 218 Å². The Labute approximate surface area is 438 Å². The van der Waals surface area contributed by atoms with Crippen molar-refractivity contribution in [3.05, 3.63) is 36.5 Å². The third-order valence-corrected chi connectivity index (χ3v) is 14.7. The molecule has 7 unspecified atom stereocenters. The molecule has 1 aliphatic heterocycles. The standard InChI is InChI=1S/C62H117NO8/c1-3-5-7-9-11-13-15-16-17-18-19-20-21-22-23-24-25-26-27-28-29-30-31-32-33-34-35-36-37-38-39-40-42-44-46-48-50-52-58(66)63-55(54-70-62-61(69)60(68)59(67)57(53-64)71-62)56(65)51-49-47-45-43-41-14-12-10-8-6-4-2/h15-16,18-19,21-22,55-57,59-62,64-65,67-69H,3-14,17,20,23-54H2,1-2H3,(H,63,66)/b16-15-,19-18-,22-21-. The second kappa shape index (κ2) is 51.9. The predicted molar refractivity (Wildman–Crippen MR) is 300 cm³/mol. The molecule has 0 aromatic carbocycles. The van der Waals surface area contributed by atoms with Gasteiger partial charge in [-0.25, -0.2) is 0 Å². The summed E-state index contributed by atoms with van der Waals surface area (Å²) >= 11 is 0. The third-order valence-electron chi connectivity index (χ3n) is 14.7. The summed E-state index contributed by atoms with van der Waals surface area (Å²) in [7, 11) is 0. The van der Waals surface area contributed by atoms with Gasteiger partial charge in [0.05, 0.1) is 25.4 Å². The van der Waals surface area contributed by atoms with Gasteiger partial charge >= 0.3 is 0 Å². The Hall–Kier alpha value is -1.59. The van der Waals surface area contributed by atoms with Crippen LogP contribution in [0.25, 0.3) is 0 Å². The van der Waals surface area contributed by atoms with Crippen molar-refractivity contribution < 1.29 is 39.8 Å². The third kappa shape index (κ3) is 41.4. The van der Waals surface area contributed by atoms with E-state index in [1.807, 2.05) is 0 Å². The summed E-state index contributed by atoms with van der Waals surface area (Å²) < 4.78 is 11.3. The smallest absolute Gasteiger partial charge is 0.220 e. The summed E-state index contributed by atoms with van der Waals surface area (Å²) in [6.07, 6.45) is 60.7. The van der Waals surface area contributed by atoms with E-state index < -0.39 is 49.5 Å². The van der Waals surface area contributed by atoms with E-state index in [9.17, 15) is 30.3 Å². The van der Waals surface area contributed by atoms with Crippen molar-refractivity contribution in [1.29, 1.82) is 0 Å². The molecule has 0 aromatic heterocycles. The molecule has 7 atom stereocenters. The van der Waals surface area contributed by atoms with E-state index >= 15 is 0 Å². The van der Waals surface area contributed by atoms with Gasteiger partial charge in [0, 0.05) is 6.42 Å². The molecule has 71 heavy (non-hydrogen) atoms. The molecule has 0 radical (unpaired) electrons. The highest BCUT2D eigenvalue weighted by atomic mass is 16.7. The number of allylic oxidation sites excluding steroid dienone is 6. The molecule has 0 aliphatic carbocycles. The second-order valence-corrected chi connectivity index (χ2v) is 21.5.